The number of ether oxygens (including phenoxy) is 2. The number of benzene rings is 1. The van der Waals surface area contributed by atoms with Crippen molar-refractivity contribution in [2.45, 2.75) is 0 Å². The third kappa shape index (κ3) is 3.44. The first-order valence-corrected chi connectivity index (χ1v) is 8.01. The van der Waals surface area contributed by atoms with Crippen molar-refractivity contribution in [2.24, 2.45) is 7.05 Å². The fourth-order valence-electron chi connectivity index (χ4n) is 1.97. The Bertz CT molecular complexity index is 735. The minimum Gasteiger partial charge on any atom is -0.497 e. The summed E-state index contributed by atoms with van der Waals surface area (Å²) in [7, 11) is 5.01. The summed E-state index contributed by atoms with van der Waals surface area (Å²) in [4.78, 5) is 12.4. The first-order valence-electron chi connectivity index (χ1n) is 6.43. The van der Waals surface area contributed by atoms with Crippen LogP contribution in [0.15, 0.2) is 39.4 Å². The maximum absolute atomic E-state index is 12.4. The van der Waals surface area contributed by atoms with E-state index in [4.69, 9.17) is 9.47 Å². The highest BCUT2D eigenvalue weighted by Gasteiger charge is 2.11. The van der Waals surface area contributed by atoms with E-state index in [0.29, 0.717) is 17.1 Å². The topological polar surface area (TPSA) is 40.5 Å². The molecule has 2 aromatic rings. The zero-order chi connectivity index (χ0) is 16.3. The van der Waals surface area contributed by atoms with Crippen LogP contribution in [0.3, 0.4) is 0 Å². The number of hydrogen-bond acceptors (Lipinski definition) is 3. The molecule has 22 heavy (non-hydrogen) atoms. The van der Waals surface area contributed by atoms with E-state index in [1.165, 1.54) is 13.2 Å². The second-order valence-corrected chi connectivity index (χ2v) is 6.14. The van der Waals surface area contributed by atoms with Gasteiger partial charge in [0, 0.05) is 18.8 Å². The number of aromatic nitrogens is 1. The maximum atomic E-state index is 12.4. The number of carbonyl (C=O) groups excluding carboxylic acids is 1. The lowest BCUT2D eigenvalue weighted by Crippen LogP contribution is -2.00. The molecule has 0 N–H and O–H groups in total. The predicted molar refractivity (Wildman–Crippen MR) is 93.7 cm³/mol. The molecule has 0 aliphatic heterocycles. The van der Waals surface area contributed by atoms with Gasteiger partial charge in [-0.1, -0.05) is 0 Å². The zero-order valence-electron chi connectivity index (χ0n) is 12.4. The fourth-order valence-corrected chi connectivity index (χ4v) is 2.79. The summed E-state index contributed by atoms with van der Waals surface area (Å²) in [6, 6.07) is 7.05. The van der Waals surface area contributed by atoms with Gasteiger partial charge in [0.2, 0.25) is 0 Å². The Morgan fingerprint density at radius 2 is 1.91 bits per heavy atom. The molecule has 0 spiro atoms. The Morgan fingerprint density at radius 1 is 1.18 bits per heavy atom. The quantitative estimate of drug-likeness (QED) is 0.521. The Morgan fingerprint density at radius 3 is 2.45 bits per heavy atom. The summed E-state index contributed by atoms with van der Waals surface area (Å²) in [5.41, 5.74) is 1.39. The van der Waals surface area contributed by atoms with E-state index in [0.717, 1.165) is 14.8 Å². The van der Waals surface area contributed by atoms with Crippen LogP contribution in [0.4, 0.5) is 0 Å². The van der Waals surface area contributed by atoms with Gasteiger partial charge in [-0.25, -0.2) is 0 Å². The van der Waals surface area contributed by atoms with Gasteiger partial charge in [0.25, 0.3) is 0 Å². The molecule has 0 saturated heterocycles. The van der Waals surface area contributed by atoms with Crippen molar-refractivity contribution >= 4 is 43.7 Å². The Kier molecular flexibility index (Phi) is 5.47. The lowest BCUT2D eigenvalue weighted by atomic mass is 10.1. The molecule has 1 heterocycles. The number of methoxy groups -OCH3 is 2. The SMILES string of the molecule is COc1ccc(C(=O)/C=C/c2cc(Br)c(Br)n2C)c(OC)c1. The number of halogens is 2. The van der Waals surface area contributed by atoms with Crippen molar-refractivity contribution in [1.82, 2.24) is 4.57 Å². The number of rotatable bonds is 5. The van der Waals surface area contributed by atoms with Gasteiger partial charge in [0.05, 0.1) is 28.9 Å². The van der Waals surface area contributed by atoms with E-state index in [-0.39, 0.29) is 5.78 Å². The summed E-state index contributed by atoms with van der Waals surface area (Å²) >= 11 is 6.89. The van der Waals surface area contributed by atoms with Crippen LogP contribution in [0.2, 0.25) is 0 Å². The molecule has 0 atom stereocenters. The number of hydrogen-bond donors (Lipinski definition) is 0. The summed E-state index contributed by atoms with van der Waals surface area (Å²) in [6.45, 7) is 0. The van der Waals surface area contributed by atoms with Crippen molar-refractivity contribution in [2.75, 3.05) is 14.2 Å². The highest BCUT2D eigenvalue weighted by Crippen LogP contribution is 2.28. The molecule has 2 rings (SSSR count). The van der Waals surface area contributed by atoms with Gasteiger partial charge < -0.3 is 14.0 Å². The molecule has 1 aromatic heterocycles. The Hall–Kier alpha value is -1.53. The van der Waals surface area contributed by atoms with Crippen LogP contribution in [-0.2, 0) is 7.05 Å². The molecule has 0 amide bonds. The molecule has 0 aliphatic rings. The second kappa shape index (κ2) is 7.15. The van der Waals surface area contributed by atoms with Gasteiger partial charge in [0.1, 0.15) is 11.5 Å². The lowest BCUT2D eigenvalue weighted by molar-refractivity contribution is 0.104. The highest BCUT2D eigenvalue weighted by atomic mass is 79.9. The average molecular weight is 429 g/mol. The maximum Gasteiger partial charge on any atom is 0.189 e. The summed E-state index contributed by atoms with van der Waals surface area (Å²) < 4.78 is 14.2. The largest absolute Gasteiger partial charge is 0.497 e. The van der Waals surface area contributed by atoms with Crippen LogP contribution >= 0.6 is 31.9 Å². The molecule has 0 fully saturated rings. The first kappa shape index (κ1) is 16.8. The monoisotopic (exact) mass is 427 g/mol. The van der Waals surface area contributed by atoms with Crippen molar-refractivity contribution < 1.29 is 14.3 Å². The number of ketones is 1. The molecule has 116 valence electrons. The average Bonchev–Trinajstić information content (AvgIpc) is 2.78. The Balaban J connectivity index is 2.29. The van der Waals surface area contributed by atoms with Crippen LogP contribution in [0.25, 0.3) is 6.08 Å². The third-order valence-electron chi connectivity index (χ3n) is 3.23. The van der Waals surface area contributed by atoms with Crippen molar-refractivity contribution in [3.63, 3.8) is 0 Å². The molecule has 4 nitrogen and oxygen atoms in total. The van der Waals surface area contributed by atoms with E-state index in [1.54, 1.807) is 31.4 Å². The molecule has 0 bridgehead atoms. The minimum absolute atomic E-state index is 0.132. The molecular formula is C16H15Br2NO3. The summed E-state index contributed by atoms with van der Waals surface area (Å²) in [5, 5.41) is 0. The van der Waals surface area contributed by atoms with Gasteiger partial charge in [-0.05, 0) is 62.2 Å². The van der Waals surface area contributed by atoms with E-state index in [2.05, 4.69) is 31.9 Å². The van der Waals surface area contributed by atoms with Gasteiger partial charge in [-0.15, -0.1) is 0 Å². The molecule has 0 aliphatic carbocycles. The number of carbonyl (C=O) groups is 1. The van der Waals surface area contributed by atoms with Crippen molar-refractivity contribution in [3.8, 4) is 11.5 Å². The van der Waals surface area contributed by atoms with E-state index in [1.807, 2.05) is 17.7 Å². The molecule has 0 saturated carbocycles. The van der Waals surface area contributed by atoms with Crippen molar-refractivity contribution in [3.05, 3.63) is 50.7 Å². The molecule has 0 unspecified atom stereocenters. The van der Waals surface area contributed by atoms with E-state index >= 15 is 0 Å². The standard InChI is InChI=1S/C16H15Br2NO3/c1-19-10(8-13(17)16(19)18)4-7-14(20)12-6-5-11(21-2)9-15(12)22-3/h4-9H,1-3H3/b7-4+. The number of nitrogens with zero attached hydrogens (tertiary/aromatic N) is 1. The van der Waals surface area contributed by atoms with Crippen LogP contribution in [0.1, 0.15) is 16.1 Å². The second-order valence-electron chi connectivity index (χ2n) is 4.53. The fraction of sp³-hybridized carbons (Fsp3) is 0.188. The molecule has 1 aromatic carbocycles. The van der Waals surface area contributed by atoms with E-state index < -0.39 is 0 Å². The van der Waals surface area contributed by atoms with Gasteiger partial charge >= 0.3 is 0 Å². The van der Waals surface area contributed by atoms with Crippen LogP contribution < -0.4 is 9.47 Å². The minimum atomic E-state index is -0.132. The normalized spacial score (nSPS) is 11.0. The van der Waals surface area contributed by atoms with Gasteiger partial charge in [-0.3, -0.25) is 4.79 Å². The van der Waals surface area contributed by atoms with Crippen LogP contribution in [0, 0.1) is 0 Å². The molecular weight excluding hydrogens is 414 g/mol. The van der Waals surface area contributed by atoms with Gasteiger partial charge in [-0.2, -0.15) is 0 Å². The Labute approximate surface area is 146 Å². The first-order chi connectivity index (χ1) is 10.5. The lowest BCUT2D eigenvalue weighted by Gasteiger charge is -2.08. The van der Waals surface area contributed by atoms with E-state index in [9.17, 15) is 4.79 Å². The molecule has 0 radical (unpaired) electrons. The summed E-state index contributed by atoms with van der Waals surface area (Å²) in [5.74, 6) is 1.00. The summed E-state index contributed by atoms with van der Waals surface area (Å²) in [6.07, 6.45) is 3.29. The van der Waals surface area contributed by atoms with Crippen LogP contribution in [0.5, 0.6) is 11.5 Å². The molecule has 6 heteroatoms. The number of allylic oxidation sites excluding steroid dienone is 1. The van der Waals surface area contributed by atoms with Crippen LogP contribution in [-0.4, -0.2) is 24.6 Å². The zero-order valence-corrected chi connectivity index (χ0v) is 15.6. The smallest absolute Gasteiger partial charge is 0.189 e. The van der Waals surface area contributed by atoms with Gasteiger partial charge in [0.15, 0.2) is 5.78 Å². The third-order valence-corrected chi connectivity index (χ3v) is 5.33. The highest BCUT2D eigenvalue weighted by molar-refractivity contribution is 9.13. The van der Waals surface area contributed by atoms with Crippen molar-refractivity contribution in [1.29, 1.82) is 0 Å². The predicted octanol–water partition coefficient (Wildman–Crippen LogP) is 4.46.